The molecule has 17 heavy (non-hydrogen) atoms. The molecule has 0 radical (unpaired) electrons. The minimum atomic E-state index is -1.19. The third-order valence-electron chi connectivity index (χ3n) is 2.30. The molecule has 2 nitrogen and oxygen atoms in total. The molecule has 1 atom stereocenters. The van der Waals surface area contributed by atoms with E-state index >= 15 is 0 Å². The number of aliphatic hydroxyl groups excluding tert-OH is 1. The second kappa shape index (κ2) is 6.42. The molecule has 1 rings (SSSR count). The van der Waals surface area contributed by atoms with E-state index in [1.54, 1.807) is 0 Å². The van der Waals surface area contributed by atoms with Gasteiger partial charge in [-0.3, -0.25) is 0 Å². The Morgan fingerprint density at radius 1 is 1.29 bits per heavy atom. The summed E-state index contributed by atoms with van der Waals surface area (Å²) in [6.45, 7) is 4.84. The van der Waals surface area contributed by atoms with E-state index in [4.69, 9.17) is 0 Å². The van der Waals surface area contributed by atoms with Crippen molar-refractivity contribution in [2.45, 2.75) is 20.0 Å². The molecular formula is C12H16BrF2NO. The van der Waals surface area contributed by atoms with Crippen LogP contribution in [-0.2, 0) is 0 Å². The van der Waals surface area contributed by atoms with Crippen LogP contribution in [0.25, 0.3) is 0 Å². The molecule has 0 aliphatic heterocycles. The van der Waals surface area contributed by atoms with E-state index < -0.39 is 17.7 Å². The van der Waals surface area contributed by atoms with Gasteiger partial charge in [0.2, 0.25) is 0 Å². The van der Waals surface area contributed by atoms with Crippen molar-refractivity contribution in [1.82, 2.24) is 5.32 Å². The molecule has 0 fully saturated rings. The van der Waals surface area contributed by atoms with Crippen LogP contribution in [0.15, 0.2) is 16.6 Å². The molecule has 0 amide bonds. The third kappa shape index (κ3) is 4.01. The van der Waals surface area contributed by atoms with E-state index in [1.807, 2.05) is 13.8 Å². The first-order chi connectivity index (χ1) is 7.93. The van der Waals surface area contributed by atoms with Crippen molar-refractivity contribution in [3.8, 4) is 0 Å². The first-order valence-corrected chi connectivity index (χ1v) is 6.25. The highest BCUT2D eigenvalue weighted by molar-refractivity contribution is 9.10. The fourth-order valence-corrected chi connectivity index (χ4v) is 1.80. The fourth-order valence-electron chi connectivity index (χ4n) is 1.46. The first-order valence-electron chi connectivity index (χ1n) is 5.45. The zero-order chi connectivity index (χ0) is 13.0. The van der Waals surface area contributed by atoms with Gasteiger partial charge >= 0.3 is 0 Å². The lowest BCUT2D eigenvalue weighted by molar-refractivity contribution is 0.163. The Hall–Kier alpha value is -0.520. The Kier molecular flexibility index (Phi) is 5.49. The monoisotopic (exact) mass is 307 g/mol. The molecule has 96 valence electrons. The molecule has 0 aromatic heterocycles. The molecule has 0 spiro atoms. The number of benzene rings is 1. The van der Waals surface area contributed by atoms with Gasteiger partial charge in [0.1, 0.15) is 11.6 Å². The number of aliphatic hydroxyl groups is 1. The molecule has 0 aliphatic rings. The Morgan fingerprint density at radius 3 is 2.53 bits per heavy atom. The predicted molar refractivity (Wildman–Crippen MR) is 66.7 cm³/mol. The highest BCUT2D eigenvalue weighted by Crippen LogP contribution is 2.26. The Morgan fingerprint density at radius 2 is 1.94 bits per heavy atom. The summed E-state index contributed by atoms with van der Waals surface area (Å²) in [5.41, 5.74) is -0.296. The Bertz CT molecular complexity index is 385. The average molecular weight is 308 g/mol. The van der Waals surface area contributed by atoms with Crippen LogP contribution in [0.4, 0.5) is 8.78 Å². The van der Waals surface area contributed by atoms with Crippen LogP contribution < -0.4 is 5.32 Å². The van der Waals surface area contributed by atoms with Gasteiger partial charge in [0, 0.05) is 6.54 Å². The van der Waals surface area contributed by atoms with Crippen molar-refractivity contribution in [2.75, 3.05) is 13.1 Å². The van der Waals surface area contributed by atoms with Crippen molar-refractivity contribution in [3.63, 3.8) is 0 Å². The summed E-state index contributed by atoms with van der Waals surface area (Å²) in [5, 5.41) is 12.7. The standard InChI is InChI=1S/C12H16BrF2NO/c1-7(2)5-16-6-10(17)11-9(14)4-3-8(13)12(11)15/h3-4,7,10,16-17H,5-6H2,1-2H3. The number of hydrogen-bond acceptors (Lipinski definition) is 2. The Balaban J connectivity index is 2.74. The second-order valence-corrected chi connectivity index (χ2v) is 5.18. The minimum absolute atomic E-state index is 0.127. The van der Waals surface area contributed by atoms with E-state index in [0.717, 1.165) is 6.07 Å². The van der Waals surface area contributed by atoms with Crippen LogP contribution in [0.1, 0.15) is 25.5 Å². The van der Waals surface area contributed by atoms with Crippen molar-refractivity contribution in [2.24, 2.45) is 5.92 Å². The maximum absolute atomic E-state index is 13.6. The molecular weight excluding hydrogens is 292 g/mol. The smallest absolute Gasteiger partial charge is 0.146 e. The molecule has 0 saturated heterocycles. The maximum atomic E-state index is 13.6. The highest BCUT2D eigenvalue weighted by atomic mass is 79.9. The number of nitrogens with one attached hydrogen (secondary N) is 1. The first kappa shape index (κ1) is 14.5. The van der Waals surface area contributed by atoms with E-state index in [0.29, 0.717) is 12.5 Å². The van der Waals surface area contributed by atoms with Crippen molar-refractivity contribution in [1.29, 1.82) is 0 Å². The summed E-state index contributed by atoms with van der Waals surface area (Å²) in [7, 11) is 0. The summed E-state index contributed by atoms with van der Waals surface area (Å²) in [6.07, 6.45) is -1.19. The SMILES string of the molecule is CC(C)CNCC(O)c1c(F)ccc(Br)c1F. The molecule has 0 saturated carbocycles. The van der Waals surface area contributed by atoms with E-state index in [9.17, 15) is 13.9 Å². The van der Waals surface area contributed by atoms with Crippen LogP contribution in [0, 0.1) is 17.6 Å². The molecule has 0 aliphatic carbocycles. The zero-order valence-corrected chi connectivity index (χ0v) is 11.4. The maximum Gasteiger partial charge on any atom is 0.146 e. The topological polar surface area (TPSA) is 32.3 Å². The lowest BCUT2D eigenvalue weighted by Gasteiger charge is -2.15. The van der Waals surface area contributed by atoms with E-state index in [-0.39, 0.29) is 16.6 Å². The molecule has 1 aromatic carbocycles. The number of rotatable bonds is 5. The van der Waals surface area contributed by atoms with Gasteiger partial charge in [-0.15, -0.1) is 0 Å². The van der Waals surface area contributed by atoms with Gasteiger partial charge in [-0.05, 0) is 40.5 Å². The van der Waals surface area contributed by atoms with Crippen LogP contribution in [0.5, 0.6) is 0 Å². The van der Waals surface area contributed by atoms with E-state index in [2.05, 4.69) is 21.2 Å². The number of hydrogen-bond donors (Lipinski definition) is 2. The lowest BCUT2D eigenvalue weighted by atomic mass is 10.1. The quantitative estimate of drug-likeness (QED) is 0.820. The van der Waals surface area contributed by atoms with Crippen LogP contribution in [-0.4, -0.2) is 18.2 Å². The predicted octanol–water partition coefficient (Wildman–Crippen LogP) is 3.01. The molecule has 5 heteroatoms. The van der Waals surface area contributed by atoms with Crippen LogP contribution in [0.2, 0.25) is 0 Å². The van der Waals surface area contributed by atoms with Gasteiger partial charge in [-0.25, -0.2) is 8.78 Å². The normalized spacial score (nSPS) is 13.1. The summed E-state index contributed by atoms with van der Waals surface area (Å²) in [4.78, 5) is 0. The Labute approximate surface area is 108 Å². The summed E-state index contributed by atoms with van der Waals surface area (Å²) in [5.74, 6) is -1.06. The van der Waals surface area contributed by atoms with Crippen molar-refractivity contribution in [3.05, 3.63) is 33.8 Å². The minimum Gasteiger partial charge on any atom is -0.387 e. The van der Waals surface area contributed by atoms with Gasteiger partial charge < -0.3 is 10.4 Å². The van der Waals surface area contributed by atoms with Crippen LogP contribution >= 0.6 is 15.9 Å². The fraction of sp³-hybridized carbons (Fsp3) is 0.500. The largest absolute Gasteiger partial charge is 0.387 e. The zero-order valence-electron chi connectivity index (χ0n) is 9.80. The molecule has 0 bridgehead atoms. The highest BCUT2D eigenvalue weighted by Gasteiger charge is 2.19. The van der Waals surface area contributed by atoms with Gasteiger partial charge in [-0.2, -0.15) is 0 Å². The third-order valence-corrected chi connectivity index (χ3v) is 2.92. The van der Waals surface area contributed by atoms with Gasteiger partial charge in [0.05, 0.1) is 16.1 Å². The average Bonchev–Trinajstić information content (AvgIpc) is 2.23. The van der Waals surface area contributed by atoms with Gasteiger partial charge in [0.25, 0.3) is 0 Å². The molecule has 2 N–H and O–H groups in total. The molecule has 0 heterocycles. The van der Waals surface area contributed by atoms with Gasteiger partial charge in [0.15, 0.2) is 0 Å². The van der Waals surface area contributed by atoms with Crippen molar-refractivity contribution < 1.29 is 13.9 Å². The molecule has 1 unspecified atom stereocenters. The lowest BCUT2D eigenvalue weighted by Crippen LogP contribution is -2.26. The van der Waals surface area contributed by atoms with E-state index in [1.165, 1.54) is 6.07 Å². The van der Waals surface area contributed by atoms with Gasteiger partial charge in [-0.1, -0.05) is 13.8 Å². The summed E-state index contributed by atoms with van der Waals surface area (Å²) < 4.78 is 27.2. The van der Waals surface area contributed by atoms with Crippen LogP contribution in [0.3, 0.4) is 0 Å². The van der Waals surface area contributed by atoms with Crippen molar-refractivity contribution >= 4 is 15.9 Å². The summed E-state index contributed by atoms with van der Waals surface area (Å²) >= 11 is 2.97. The summed E-state index contributed by atoms with van der Waals surface area (Å²) in [6, 6.07) is 2.41. The second-order valence-electron chi connectivity index (χ2n) is 4.32. The molecule has 1 aromatic rings. The number of halogens is 3.